The number of unbranched alkanes of at least 4 members (excludes halogenated alkanes) is 1. The lowest BCUT2D eigenvalue weighted by Crippen LogP contribution is -1.99. The molecule has 0 atom stereocenters. The van der Waals surface area contributed by atoms with Gasteiger partial charge in [-0.2, -0.15) is 0 Å². The molecule has 1 aromatic heterocycles. The molecule has 2 nitrogen and oxygen atoms in total. The predicted octanol–water partition coefficient (Wildman–Crippen LogP) is 3.41. The van der Waals surface area contributed by atoms with Crippen LogP contribution in [0.5, 0.6) is 0 Å². The lowest BCUT2D eigenvalue weighted by atomic mass is 10.0. The second kappa shape index (κ2) is 4.89. The Hall–Kier alpha value is -0.990. The lowest BCUT2D eigenvalue weighted by molar-refractivity contribution is 0.744. The number of halogens is 1. The summed E-state index contributed by atoms with van der Waals surface area (Å²) in [5, 5.41) is 2.05. The van der Waals surface area contributed by atoms with Crippen molar-refractivity contribution in [2.75, 3.05) is 6.54 Å². The quantitative estimate of drug-likeness (QED) is 0.785. The van der Waals surface area contributed by atoms with E-state index in [-0.39, 0.29) is 0 Å². The molecule has 0 saturated heterocycles. The van der Waals surface area contributed by atoms with Crippen LogP contribution >= 0.6 is 11.6 Å². The van der Waals surface area contributed by atoms with Crippen molar-refractivity contribution in [3.8, 4) is 0 Å². The summed E-state index contributed by atoms with van der Waals surface area (Å²) in [5.41, 5.74) is 9.31. The van der Waals surface area contributed by atoms with E-state index in [1.165, 1.54) is 22.2 Å². The zero-order valence-corrected chi connectivity index (χ0v) is 10.3. The second-order valence-electron chi connectivity index (χ2n) is 4.16. The van der Waals surface area contributed by atoms with E-state index in [2.05, 4.69) is 11.9 Å². The molecular formula is C13H17ClN2. The molecule has 0 aliphatic heterocycles. The molecule has 86 valence electrons. The largest absolute Gasteiger partial charge is 0.358 e. The Morgan fingerprint density at radius 1 is 1.31 bits per heavy atom. The van der Waals surface area contributed by atoms with Crippen LogP contribution in [0, 0.1) is 6.92 Å². The number of nitrogens with two attached hydrogens (primary N) is 1. The van der Waals surface area contributed by atoms with Crippen LogP contribution in [0.15, 0.2) is 18.2 Å². The van der Waals surface area contributed by atoms with Gasteiger partial charge in [-0.15, -0.1) is 0 Å². The molecule has 0 unspecified atom stereocenters. The van der Waals surface area contributed by atoms with Crippen molar-refractivity contribution < 1.29 is 0 Å². The fraction of sp³-hybridized carbons (Fsp3) is 0.385. The maximum atomic E-state index is 6.03. The van der Waals surface area contributed by atoms with E-state index < -0.39 is 0 Å². The maximum absolute atomic E-state index is 6.03. The Morgan fingerprint density at radius 3 is 2.88 bits per heavy atom. The first-order chi connectivity index (χ1) is 7.72. The Balaban J connectivity index is 2.34. The van der Waals surface area contributed by atoms with E-state index >= 15 is 0 Å². The first-order valence-corrected chi connectivity index (χ1v) is 6.07. The summed E-state index contributed by atoms with van der Waals surface area (Å²) < 4.78 is 0. The van der Waals surface area contributed by atoms with Crippen molar-refractivity contribution >= 4 is 22.5 Å². The van der Waals surface area contributed by atoms with Gasteiger partial charge in [-0.05, 0) is 56.5 Å². The van der Waals surface area contributed by atoms with Crippen LogP contribution in [0.1, 0.15) is 24.1 Å². The molecule has 1 heterocycles. The van der Waals surface area contributed by atoms with Crippen LogP contribution in [0.25, 0.3) is 10.9 Å². The van der Waals surface area contributed by atoms with Gasteiger partial charge in [0.25, 0.3) is 0 Å². The van der Waals surface area contributed by atoms with Gasteiger partial charge in [-0.25, -0.2) is 0 Å². The van der Waals surface area contributed by atoms with Gasteiger partial charge in [0.15, 0.2) is 0 Å². The highest BCUT2D eigenvalue weighted by atomic mass is 35.5. The topological polar surface area (TPSA) is 41.8 Å². The SMILES string of the molecule is Cc1[nH]c2ccc(Cl)cc2c1CCCCN. The van der Waals surface area contributed by atoms with Crippen molar-refractivity contribution in [3.63, 3.8) is 0 Å². The molecule has 0 fully saturated rings. The highest BCUT2D eigenvalue weighted by Crippen LogP contribution is 2.26. The number of fused-ring (bicyclic) bond motifs is 1. The van der Waals surface area contributed by atoms with Crippen molar-refractivity contribution in [2.45, 2.75) is 26.2 Å². The van der Waals surface area contributed by atoms with Crippen molar-refractivity contribution in [1.82, 2.24) is 4.98 Å². The van der Waals surface area contributed by atoms with Crippen LogP contribution < -0.4 is 5.73 Å². The number of rotatable bonds is 4. The third-order valence-corrected chi connectivity index (χ3v) is 3.20. The number of aryl methyl sites for hydroxylation is 2. The second-order valence-corrected chi connectivity index (χ2v) is 4.60. The molecule has 16 heavy (non-hydrogen) atoms. The van der Waals surface area contributed by atoms with E-state index in [9.17, 15) is 0 Å². The molecule has 3 N–H and O–H groups in total. The Labute approximate surface area is 101 Å². The fourth-order valence-electron chi connectivity index (χ4n) is 2.12. The third kappa shape index (κ3) is 2.23. The monoisotopic (exact) mass is 236 g/mol. The summed E-state index contributed by atoms with van der Waals surface area (Å²) >= 11 is 6.03. The minimum Gasteiger partial charge on any atom is -0.358 e. The Bertz CT molecular complexity index is 488. The van der Waals surface area contributed by atoms with Gasteiger partial charge < -0.3 is 10.7 Å². The molecule has 0 bridgehead atoms. The summed E-state index contributed by atoms with van der Waals surface area (Å²) in [5.74, 6) is 0. The summed E-state index contributed by atoms with van der Waals surface area (Å²) in [7, 11) is 0. The first kappa shape index (κ1) is 11.5. The van der Waals surface area contributed by atoms with Gasteiger partial charge in [-0.3, -0.25) is 0 Å². The smallest absolute Gasteiger partial charge is 0.0459 e. The standard InChI is InChI=1S/C13H17ClN2/c1-9-11(4-2-3-7-15)12-8-10(14)5-6-13(12)16-9/h5-6,8,16H,2-4,7,15H2,1H3. The molecule has 1 aromatic carbocycles. The average Bonchev–Trinajstić information content (AvgIpc) is 2.56. The van der Waals surface area contributed by atoms with E-state index in [4.69, 9.17) is 17.3 Å². The molecule has 0 aliphatic carbocycles. The summed E-state index contributed by atoms with van der Waals surface area (Å²) in [6.45, 7) is 2.88. The van der Waals surface area contributed by atoms with Gasteiger partial charge in [0, 0.05) is 21.6 Å². The molecule has 0 spiro atoms. The zero-order chi connectivity index (χ0) is 11.5. The van der Waals surface area contributed by atoms with Gasteiger partial charge >= 0.3 is 0 Å². The number of aromatic amines is 1. The number of aromatic nitrogens is 1. The molecule has 2 aromatic rings. The van der Waals surface area contributed by atoms with Crippen LogP contribution in [-0.2, 0) is 6.42 Å². The average molecular weight is 237 g/mol. The van der Waals surface area contributed by atoms with Gasteiger partial charge in [0.2, 0.25) is 0 Å². The number of hydrogen-bond acceptors (Lipinski definition) is 1. The van der Waals surface area contributed by atoms with Crippen LogP contribution in [0.2, 0.25) is 5.02 Å². The lowest BCUT2D eigenvalue weighted by Gasteiger charge is -2.01. The minimum absolute atomic E-state index is 0.766. The fourth-order valence-corrected chi connectivity index (χ4v) is 2.29. The van der Waals surface area contributed by atoms with E-state index in [1.807, 2.05) is 18.2 Å². The van der Waals surface area contributed by atoms with Gasteiger partial charge in [-0.1, -0.05) is 11.6 Å². The van der Waals surface area contributed by atoms with Crippen molar-refractivity contribution in [1.29, 1.82) is 0 Å². The normalized spacial score (nSPS) is 11.2. The molecule has 0 amide bonds. The Morgan fingerprint density at radius 2 is 2.12 bits per heavy atom. The molecule has 0 saturated carbocycles. The third-order valence-electron chi connectivity index (χ3n) is 2.96. The molecule has 0 aliphatic rings. The highest BCUT2D eigenvalue weighted by molar-refractivity contribution is 6.31. The molecule has 2 rings (SSSR count). The van der Waals surface area contributed by atoms with Crippen LogP contribution in [0.3, 0.4) is 0 Å². The zero-order valence-electron chi connectivity index (χ0n) is 9.52. The van der Waals surface area contributed by atoms with E-state index in [0.29, 0.717) is 0 Å². The van der Waals surface area contributed by atoms with Crippen molar-refractivity contribution in [3.05, 3.63) is 34.5 Å². The van der Waals surface area contributed by atoms with E-state index in [0.717, 1.165) is 30.8 Å². The molecule has 3 heteroatoms. The predicted molar refractivity (Wildman–Crippen MR) is 70.0 cm³/mol. The summed E-state index contributed by atoms with van der Waals surface area (Å²) in [6.07, 6.45) is 3.28. The van der Waals surface area contributed by atoms with Gasteiger partial charge in [0.1, 0.15) is 0 Å². The number of H-pyrrole nitrogens is 1. The number of nitrogens with one attached hydrogen (secondary N) is 1. The number of benzene rings is 1. The minimum atomic E-state index is 0.766. The molecular weight excluding hydrogens is 220 g/mol. The number of hydrogen-bond donors (Lipinski definition) is 2. The van der Waals surface area contributed by atoms with Crippen LogP contribution in [0.4, 0.5) is 0 Å². The molecule has 0 radical (unpaired) electrons. The van der Waals surface area contributed by atoms with E-state index in [1.54, 1.807) is 0 Å². The Kier molecular flexibility index (Phi) is 3.52. The van der Waals surface area contributed by atoms with Gasteiger partial charge in [0.05, 0.1) is 0 Å². The highest BCUT2D eigenvalue weighted by Gasteiger charge is 2.08. The summed E-state index contributed by atoms with van der Waals surface area (Å²) in [6, 6.07) is 6.00. The van der Waals surface area contributed by atoms with Crippen LogP contribution in [-0.4, -0.2) is 11.5 Å². The summed E-state index contributed by atoms with van der Waals surface area (Å²) in [4.78, 5) is 3.39. The first-order valence-electron chi connectivity index (χ1n) is 5.69. The maximum Gasteiger partial charge on any atom is 0.0459 e. The van der Waals surface area contributed by atoms with Crippen molar-refractivity contribution in [2.24, 2.45) is 5.73 Å².